The van der Waals surface area contributed by atoms with Crippen LogP contribution in [0, 0.1) is 0 Å². The van der Waals surface area contributed by atoms with Gasteiger partial charge in [-0.2, -0.15) is 31.4 Å². The molecule has 240 valence electrons. The Morgan fingerprint density at radius 1 is 1.23 bits per heavy atom. The maximum absolute atomic E-state index is 13.2. The molecule has 0 saturated carbocycles. The molecule has 2 amide bonds. The topological polar surface area (TPSA) is 132 Å². The first kappa shape index (κ1) is 33.2. The molecule has 3 heterocycles. The number of aromatic nitrogens is 3. The van der Waals surface area contributed by atoms with E-state index in [9.17, 15) is 44.3 Å². The van der Waals surface area contributed by atoms with Gasteiger partial charge in [-0.05, 0) is 37.0 Å². The highest BCUT2D eigenvalue weighted by Gasteiger charge is 2.35. The molecular formula is C26H27F6N5O5S2. The summed E-state index contributed by atoms with van der Waals surface area (Å²) in [5.74, 6) is -2.26. The van der Waals surface area contributed by atoms with Crippen molar-refractivity contribution in [3.8, 4) is 5.75 Å². The van der Waals surface area contributed by atoms with Gasteiger partial charge in [0.25, 0.3) is 5.91 Å². The average Bonchev–Trinajstić information content (AvgIpc) is 3.49. The summed E-state index contributed by atoms with van der Waals surface area (Å²) in [6, 6.07) is 6.33. The molecule has 0 fully saturated rings. The Bertz CT molecular complexity index is 1620. The number of rotatable bonds is 12. The van der Waals surface area contributed by atoms with E-state index in [2.05, 4.69) is 20.7 Å². The van der Waals surface area contributed by atoms with E-state index in [1.165, 1.54) is 4.68 Å². The first-order valence-corrected chi connectivity index (χ1v) is 16.1. The second kappa shape index (κ2) is 13.1. The van der Waals surface area contributed by atoms with Crippen LogP contribution in [0.15, 0.2) is 29.6 Å². The molecule has 4 rings (SSSR count). The molecule has 1 aromatic carbocycles. The van der Waals surface area contributed by atoms with Crippen molar-refractivity contribution >= 4 is 38.8 Å². The van der Waals surface area contributed by atoms with Crippen LogP contribution in [-0.2, 0) is 40.2 Å². The third-order valence-electron chi connectivity index (χ3n) is 6.39. The molecule has 0 bridgehead atoms. The number of carbonyl (C=O) groups excluding carboxylic acids is 2. The molecule has 0 saturated heterocycles. The van der Waals surface area contributed by atoms with Crippen LogP contribution in [0.4, 0.5) is 32.2 Å². The predicted octanol–water partition coefficient (Wildman–Crippen LogP) is 4.40. The largest absolute Gasteiger partial charge is 0.494 e. The van der Waals surface area contributed by atoms with Gasteiger partial charge < -0.3 is 15.4 Å². The van der Waals surface area contributed by atoms with Crippen LogP contribution < -0.4 is 15.4 Å². The van der Waals surface area contributed by atoms with E-state index in [1.54, 1.807) is 24.3 Å². The van der Waals surface area contributed by atoms with E-state index in [4.69, 9.17) is 4.74 Å². The Kier molecular flexibility index (Phi) is 9.92. The van der Waals surface area contributed by atoms with Gasteiger partial charge in [0.05, 0.1) is 18.8 Å². The third kappa shape index (κ3) is 9.41. The highest BCUT2D eigenvalue weighted by molar-refractivity contribution is 7.91. The van der Waals surface area contributed by atoms with Crippen LogP contribution in [0.1, 0.15) is 51.6 Å². The van der Waals surface area contributed by atoms with Crippen LogP contribution >= 0.6 is 11.3 Å². The zero-order chi connectivity index (χ0) is 32.3. The number of nitrogens with zero attached hydrogens (tertiary/aromatic N) is 3. The molecule has 44 heavy (non-hydrogen) atoms. The van der Waals surface area contributed by atoms with E-state index >= 15 is 0 Å². The minimum Gasteiger partial charge on any atom is -0.494 e. The van der Waals surface area contributed by atoms with Gasteiger partial charge in [0, 0.05) is 30.5 Å². The monoisotopic (exact) mass is 667 g/mol. The Hall–Kier alpha value is -3.67. The first-order chi connectivity index (χ1) is 20.5. The van der Waals surface area contributed by atoms with Crippen molar-refractivity contribution in [3.05, 3.63) is 57.2 Å². The standard InChI is InChI=1S/C26H27F6N5O5S2/c1-44(40,41)14-20(38)35-23-22-18(37(36-23)12-21-34-19(13-43-21)26(30,31)32)11-16(33-24(22)39)7-6-15-4-2-5-17(10-15)42-9-3-8-25(27,28)29/h2,4-5,10,13,16H,3,6-9,11-12,14H2,1H3,(H,33,39)(H,35,36,38)/t16-/m0/s1. The number of fused-ring (bicyclic) bond motifs is 1. The number of hydrogen-bond donors (Lipinski definition) is 2. The lowest BCUT2D eigenvalue weighted by atomic mass is 9.96. The van der Waals surface area contributed by atoms with Crippen molar-refractivity contribution in [2.75, 3.05) is 23.9 Å². The summed E-state index contributed by atoms with van der Waals surface area (Å²) in [5.41, 5.74) is -0.00526. The number of sulfone groups is 1. The summed E-state index contributed by atoms with van der Waals surface area (Å²) in [6.07, 6.45) is -8.18. The Morgan fingerprint density at radius 2 is 1.98 bits per heavy atom. The van der Waals surface area contributed by atoms with Crippen LogP contribution in [0.25, 0.3) is 0 Å². The van der Waals surface area contributed by atoms with Crippen LogP contribution in [0.2, 0.25) is 0 Å². The highest BCUT2D eigenvalue weighted by Crippen LogP contribution is 2.32. The molecular weight excluding hydrogens is 640 g/mol. The summed E-state index contributed by atoms with van der Waals surface area (Å²) < 4.78 is 106. The molecule has 10 nitrogen and oxygen atoms in total. The maximum atomic E-state index is 13.2. The van der Waals surface area contributed by atoms with Crippen molar-refractivity contribution in [2.45, 2.75) is 57.0 Å². The quantitative estimate of drug-likeness (QED) is 0.216. The second-order valence-corrected chi connectivity index (χ2v) is 13.3. The minimum atomic E-state index is -4.65. The van der Waals surface area contributed by atoms with Crippen molar-refractivity contribution in [1.82, 2.24) is 20.1 Å². The molecule has 0 aliphatic carbocycles. The molecule has 1 atom stereocenters. The number of aryl methyl sites for hydroxylation is 1. The number of anilines is 1. The average molecular weight is 668 g/mol. The van der Waals surface area contributed by atoms with Crippen molar-refractivity contribution < 1.29 is 49.1 Å². The Balaban J connectivity index is 1.50. The molecule has 2 aromatic heterocycles. The fraction of sp³-hybridized carbons (Fsp3) is 0.462. The van der Waals surface area contributed by atoms with E-state index in [0.717, 1.165) is 28.5 Å². The molecule has 2 N–H and O–H groups in total. The van der Waals surface area contributed by atoms with Crippen LogP contribution in [0.5, 0.6) is 5.75 Å². The number of hydrogen-bond acceptors (Lipinski definition) is 8. The zero-order valence-corrected chi connectivity index (χ0v) is 24.7. The van der Waals surface area contributed by atoms with E-state index in [1.807, 2.05) is 0 Å². The molecule has 18 heteroatoms. The highest BCUT2D eigenvalue weighted by atomic mass is 32.2. The van der Waals surface area contributed by atoms with Crippen LogP contribution in [0.3, 0.4) is 0 Å². The lowest BCUT2D eigenvalue weighted by Crippen LogP contribution is -2.42. The number of thiazole rings is 1. The van der Waals surface area contributed by atoms with Gasteiger partial charge in [-0.15, -0.1) is 11.3 Å². The number of nitrogens with one attached hydrogen (secondary N) is 2. The molecule has 1 aliphatic rings. The van der Waals surface area contributed by atoms with Gasteiger partial charge in [0.1, 0.15) is 22.1 Å². The number of carbonyl (C=O) groups is 2. The lowest BCUT2D eigenvalue weighted by Gasteiger charge is -2.25. The van der Waals surface area contributed by atoms with E-state index in [0.29, 0.717) is 24.3 Å². The van der Waals surface area contributed by atoms with Gasteiger partial charge in [-0.25, -0.2) is 13.4 Å². The Labute approximate surface area is 251 Å². The lowest BCUT2D eigenvalue weighted by molar-refractivity contribution is -0.141. The summed E-state index contributed by atoms with van der Waals surface area (Å²) in [5, 5.41) is 10.3. The van der Waals surface area contributed by atoms with E-state index < -0.39 is 57.9 Å². The fourth-order valence-electron chi connectivity index (χ4n) is 4.52. The van der Waals surface area contributed by atoms with Crippen LogP contribution in [-0.4, -0.2) is 65.8 Å². The minimum absolute atomic E-state index is 0.0371. The molecule has 0 radical (unpaired) electrons. The SMILES string of the molecule is CS(=O)(=O)CC(=O)Nc1nn(Cc2nc(C(F)(F)F)cs2)c2c1C(=O)N[C@@H](CCc1cccc(OCCCC(F)(F)F)c1)C2. The summed E-state index contributed by atoms with van der Waals surface area (Å²) >= 11 is 0.745. The van der Waals surface area contributed by atoms with Crippen molar-refractivity contribution in [3.63, 3.8) is 0 Å². The van der Waals surface area contributed by atoms with Crippen molar-refractivity contribution in [1.29, 1.82) is 0 Å². The molecule has 0 unspecified atom stereocenters. The fourth-order valence-corrected chi connectivity index (χ4v) is 5.85. The smallest absolute Gasteiger partial charge is 0.434 e. The van der Waals surface area contributed by atoms with Gasteiger partial charge in [0.2, 0.25) is 5.91 Å². The summed E-state index contributed by atoms with van der Waals surface area (Å²) in [4.78, 5) is 29.1. The number of amides is 2. The predicted molar refractivity (Wildman–Crippen MR) is 147 cm³/mol. The van der Waals surface area contributed by atoms with Gasteiger partial charge in [-0.1, -0.05) is 12.1 Å². The molecule has 0 spiro atoms. The van der Waals surface area contributed by atoms with Gasteiger partial charge >= 0.3 is 12.4 Å². The Morgan fingerprint density at radius 3 is 2.64 bits per heavy atom. The second-order valence-electron chi connectivity index (χ2n) is 10.2. The summed E-state index contributed by atoms with van der Waals surface area (Å²) in [7, 11) is -3.71. The number of ether oxygens (including phenoxy) is 1. The number of benzene rings is 1. The molecule has 3 aromatic rings. The summed E-state index contributed by atoms with van der Waals surface area (Å²) in [6.45, 7) is -0.347. The first-order valence-electron chi connectivity index (χ1n) is 13.1. The zero-order valence-electron chi connectivity index (χ0n) is 23.1. The maximum Gasteiger partial charge on any atom is 0.434 e. The van der Waals surface area contributed by atoms with Gasteiger partial charge in [0.15, 0.2) is 21.3 Å². The molecule has 1 aliphatic heterocycles. The van der Waals surface area contributed by atoms with Crippen molar-refractivity contribution in [2.24, 2.45) is 0 Å². The third-order valence-corrected chi connectivity index (χ3v) is 8.01. The normalized spacial score (nSPS) is 15.5. The number of halogens is 6. The van der Waals surface area contributed by atoms with E-state index in [-0.39, 0.29) is 42.4 Å². The number of alkyl halides is 6. The van der Waals surface area contributed by atoms with Gasteiger partial charge in [-0.3, -0.25) is 14.3 Å².